The van der Waals surface area contributed by atoms with Gasteiger partial charge in [0, 0.05) is 16.7 Å². The summed E-state index contributed by atoms with van der Waals surface area (Å²) in [5, 5.41) is 7.42. The Morgan fingerprint density at radius 3 is 1.52 bits per heavy atom. The van der Waals surface area contributed by atoms with Crippen LogP contribution in [0.15, 0.2) is 182 Å². The smallest absolute Gasteiger partial charge is 0.160 e. The molecule has 0 amide bonds. The van der Waals surface area contributed by atoms with Gasteiger partial charge in [-0.1, -0.05) is 170 Å². The third kappa shape index (κ3) is 4.83. The molecular weight excluding hydrogens is 581 g/mol. The molecule has 0 aliphatic carbocycles. The molecule has 8 aromatic carbocycles. The predicted octanol–water partition coefficient (Wildman–Crippen LogP) is 12.3. The van der Waals surface area contributed by atoms with Crippen LogP contribution in [0.1, 0.15) is 0 Å². The minimum Gasteiger partial charge on any atom is -0.228 e. The van der Waals surface area contributed by atoms with Crippen molar-refractivity contribution in [1.82, 2.24) is 9.97 Å². The number of fused-ring (bicyclic) bond motifs is 4. The van der Waals surface area contributed by atoms with Crippen molar-refractivity contribution < 1.29 is 0 Å². The van der Waals surface area contributed by atoms with Gasteiger partial charge in [-0.05, 0) is 66.7 Å². The molecule has 0 N–H and O–H groups in total. The largest absolute Gasteiger partial charge is 0.228 e. The van der Waals surface area contributed by atoms with Crippen LogP contribution in [-0.2, 0) is 0 Å². The average Bonchev–Trinajstić information content (AvgIpc) is 3.17. The van der Waals surface area contributed by atoms with Crippen molar-refractivity contribution in [3.05, 3.63) is 182 Å². The fraction of sp³-hybridized carbons (Fsp3) is 0. The summed E-state index contributed by atoms with van der Waals surface area (Å²) >= 11 is 0. The van der Waals surface area contributed by atoms with Crippen LogP contribution in [-0.4, -0.2) is 9.97 Å². The first-order valence-corrected chi connectivity index (χ1v) is 16.3. The van der Waals surface area contributed by atoms with Gasteiger partial charge in [0.05, 0.1) is 11.4 Å². The van der Waals surface area contributed by atoms with E-state index in [1.54, 1.807) is 0 Å². The summed E-state index contributed by atoms with van der Waals surface area (Å²) in [6, 6.07) is 64.5. The molecule has 2 heteroatoms. The van der Waals surface area contributed by atoms with Crippen LogP contribution in [0.3, 0.4) is 0 Å². The Kier molecular flexibility index (Phi) is 6.84. The molecule has 0 bridgehead atoms. The zero-order chi connectivity index (χ0) is 31.9. The van der Waals surface area contributed by atoms with Crippen molar-refractivity contribution in [2.45, 2.75) is 0 Å². The number of hydrogen-bond donors (Lipinski definition) is 0. The van der Waals surface area contributed by atoms with Gasteiger partial charge in [0.1, 0.15) is 0 Å². The van der Waals surface area contributed by atoms with Crippen molar-refractivity contribution in [3.8, 4) is 56.2 Å². The molecule has 0 saturated heterocycles. The van der Waals surface area contributed by atoms with E-state index in [-0.39, 0.29) is 0 Å². The van der Waals surface area contributed by atoms with Crippen molar-refractivity contribution in [2.24, 2.45) is 0 Å². The van der Waals surface area contributed by atoms with E-state index in [0.717, 1.165) is 44.8 Å². The summed E-state index contributed by atoms with van der Waals surface area (Å²) in [7, 11) is 0. The lowest BCUT2D eigenvalue weighted by Crippen LogP contribution is -1.98. The second-order valence-corrected chi connectivity index (χ2v) is 12.1. The van der Waals surface area contributed by atoms with E-state index >= 15 is 0 Å². The third-order valence-corrected chi connectivity index (χ3v) is 9.29. The van der Waals surface area contributed by atoms with Crippen molar-refractivity contribution in [3.63, 3.8) is 0 Å². The standard InChI is InChI=1S/C46H30N2/c1-3-15-31(16-4-1)35-21-11-12-24-38(35)43-30-44(48-46(47-43)33-18-5-2-6-19-33)39-25-13-14-26-40(39)45-37-23-10-8-20-34(37)29-42-36-22-9-7-17-32(36)27-28-41(42)45/h1-30H. The lowest BCUT2D eigenvalue weighted by atomic mass is 9.87. The maximum Gasteiger partial charge on any atom is 0.160 e. The highest BCUT2D eigenvalue weighted by molar-refractivity contribution is 6.21. The molecule has 9 aromatic rings. The number of hydrogen-bond acceptors (Lipinski definition) is 2. The van der Waals surface area contributed by atoms with Crippen LogP contribution < -0.4 is 0 Å². The van der Waals surface area contributed by atoms with Gasteiger partial charge in [0.2, 0.25) is 0 Å². The fourth-order valence-corrected chi connectivity index (χ4v) is 7.05. The number of aromatic nitrogens is 2. The predicted molar refractivity (Wildman–Crippen MR) is 202 cm³/mol. The van der Waals surface area contributed by atoms with Gasteiger partial charge >= 0.3 is 0 Å². The quantitative estimate of drug-likeness (QED) is 0.143. The highest BCUT2D eigenvalue weighted by atomic mass is 14.9. The molecule has 48 heavy (non-hydrogen) atoms. The normalized spacial score (nSPS) is 11.3. The van der Waals surface area contributed by atoms with Crippen molar-refractivity contribution in [2.75, 3.05) is 0 Å². The maximum atomic E-state index is 5.29. The molecule has 0 saturated carbocycles. The first kappa shape index (κ1) is 27.9. The Morgan fingerprint density at radius 2 is 0.812 bits per heavy atom. The lowest BCUT2D eigenvalue weighted by molar-refractivity contribution is 1.18. The summed E-state index contributed by atoms with van der Waals surface area (Å²) in [5.41, 5.74) is 9.57. The molecule has 224 valence electrons. The Morgan fingerprint density at radius 1 is 0.292 bits per heavy atom. The van der Waals surface area contributed by atoms with Crippen LogP contribution in [0, 0.1) is 0 Å². The third-order valence-electron chi connectivity index (χ3n) is 9.29. The van der Waals surface area contributed by atoms with Gasteiger partial charge in [-0.15, -0.1) is 0 Å². The summed E-state index contributed by atoms with van der Waals surface area (Å²) < 4.78 is 0. The molecule has 1 heterocycles. The first-order valence-electron chi connectivity index (χ1n) is 16.3. The molecule has 0 atom stereocenters. The van der Waals surface area contributed by atoms with E-state index in [0.29, 0.717) is 5.82 Å². The number of nitrogens with zero attached hydrogens (tertiary/aromatic N) is 2. The molecule has 2 nitrogen and oxygen atoms in total. The fourth-order valence-electron chi connectivity index (χ4n) is 7.05. The van der Waals surface area contributed by atoms with Gasteiger partial charge in [-0.2, -0.15) is 0 Å². The van der Waals surface area contributed by atoms with Crippen LogP contribution in [0.4, 0.5) is 0 Å². The second-order valence-electron chi connectivity index (χ2n) is 12.1. The van der Waals surface area contributed by atoms with Crippen molar-refractivity contribution >= 4 is 32.3 Å². The van der Waals surface area contributed by atoms with E-state index in [1.807, 2.05) is 18.2 Å². The number of benzene rings is 8. The molecule has 9 rings (SSSR count). The van der Waals surface area contributed by atoms with E-state index in [1.165, 1.54) is 37.9 Å². The van der Waals surface area contributed by atoms with Gasteiger partial charge in [0.15, 0.2) is 5.82 Å². The van der Waals surface area contributed by atoms with Crippen LogP contribution in [0.5, 0.6) is 0 Å². The van der Waals surface area contributed by atoms with Crippen molar-refractivity contribution in [1.29, 1.82) is 0 Å². The van der Waals surface area contributed by atoms with Crippen LogP contribution in [0.2, 0.25) is 0 Å². The zero-order valence-electron chi connectivity index (χ0n) is 26.2. The van der Waals surface area contributed by atoms with Gasteiger partial charge < -0.3 is 0 Å². The summed E-state index contributed by atoms with van der Waals surface area (Å²) in [6.07, 6.45) is 0. The topological polar surface area (TPSA) is 25.8 Å². The minimum absolute atomic E-state index is 0.703. The summed E-state index contributed by atoms with van der Waals surface area (Å²) in [6.45, 7) is 0. The SMILES string of the molecule is c1ccc(-c2nc(-c3ccccc3-c3ccccc3)cc(-c3ccccc3-c3c4ccccc4cc4c3ccc3ccccc34)n2)cc1. The molecular formula is C46H30N2. The molecule has 0 radical (unpaired) electrons. The summed E-state index contributed by atoms with van der Waals surface area (Å²) in [4.78, 5) is 10.5. The Hall–Kier alpha value is -6.38. The molecule has 1 aromatic heterocycles. The zero-order valence-corrected chi connectivity index (χ0v) is 26.2. The molecule has 0 aliphatic heterocycles. The Bertz CT molecular complexity index is 2610. The first-order chi connectivity index (χ1) is 23.8. The highest BCUT2D eigenvalue weighted by Gasteiger charge is 2.19. The highest BCUT2D eigenvalue weighted by Crippen LogP contribution is 2.43. The lowest BCUT2D eigenvalue weighted by Gasteiger charge is -2.18. The van der Waals surface area contributed by atoms with E-state index < -0.39 is 0 Å². The minimum atomic E-state index is 0.703. The maximum absolute atomic E-state index is 5.29. The van der Waals surface area contributed by atoms with E-state index in [9.17, 15) is 0 Å². The average molecular weight is 611 g/mol. The Balaban J connectivity index is 1.34. The van der Waals surface area contributed by atoms with Crippen LogP contribution >= 0.6 is 0 Å². The summed E-state index contributed by atoms with van der Waals surface area (Å²) in [5.74, 6) is 0.703. The van der Waals surface area contributed by atoms with Crippen LogP contribution in [0.25, 0.3) is 88.5 Å². The molecule has 0 unspecified atom stereocenters. The van der Waals surface area contributed by atoms with Gasteiger partial charge in [-0.3, -0.25) is 0 Å². The molecule has 0 spiro atoms. The second kappa shape index (κ2) is 11.8. The Labute approximate surface area is 279 Å². The van der Waals surface area contributed by atoms with E-state index in [4.69, 9.17) is 9.97 Å². The van der Waals surface area contributed by atoms with Gasteiger partial charge in [-0.25, -0.2) is 9.97 Å². The molecule has 0 fully saturated rings. The monoisotopic (exact) mass is 610 g/mol. The van der Waals surface area contributed by atoms with E-state index in [2.05, 4.69) is 164 Å². The number of rotatable bonds is 5. The molecule has 0 aliphatic rings. The van der Waals surface area contributed by atoms with Gasteiger partial charge in [0.25, 0.3) is 0 Å².